The van der Waals surface area contributed by atoms with Crippen molar-refractivity contribution in [1.29, 1.82) is 5.26 Å². The van der Waals surface area contributed by atoms with Crippen LogP contribution in [0.5, 0.6) is 0 Å². The Morgan fingerprint density at radius 1 is 1.17 bits per heavy atom. The van der Waals surface area contributed by atoms with E-state index >= 15 is 4.39 Å². The number of halogens is 4. The summed E-state index contributed by atoms with van der Waals surface area (Å²) in [5.41, 5.74) is 5.76. The molecule has 54 heavy (non-hydrogen) atoms. The van der Waals surface area contributed by atoms with Crippen LogP contribution in [0.3, 0.4) is 0 Å². The topological polar surface area (TPSA) is 153 Å². The molecule has 0 radical (unpaired) electrons. The molecule has 2 aromatic carbocycles. The molecule has 4 saturated heterocycles. The monoisotopic (exact) mass is 780 g/mol. The number of carbonyl (C=O) groups excluding carboxylic acids is 1. The third-order valence-corrected chi connectivity index (χ3v) is 12.8. The minimum absolute atomic E-state index is 0.00340. The fraction of sp³-hybridized carbons (Fsp3) is 0.459. The van der Waals surface area contributed by atoms with Crippen LogP contribution in [0.25, 0.3) is 32.1 Å². The summed E-state index contributed by atoms with van der Waals surface area (Å²) in [6.45, 7) is 6.41. The summed E-state index contributed by atoms with van der Waals surface area (Å²) in [5, 5.41) is 13.9. The van der Waals surface area contributed by atoms with Gasteiger partial charge in [0.05, 0.1) is 20.8 Å². The number of nitrogens with two attached hydrogens (primary N) is 1. The highest BCUT2D eigenvalue weighted by Crippen LogP contribution is 2.46. The van der Waals surface area contributed by atoms with Crippen LogP contribution < -0.4 is 16.3 Å². The number of aromatic amines is 1. The number of thiophene rings is 1. The summed E-state index contributed by atoms with van der Waals surface area (Å²) in [7, 11) is 2.12. The largest absolute Gasteiger partial charge is 0.389 e. The first-order chi connectivity index (χ1) is 25.9. The van der Waals surface area contributed by atoms with Crippen molar-refractivity contribution < 1.29 is 18.0 Å². The van der Waals surface area contributed by atoms with Crippen LogP contribution in [0.2, 0.25) is 5.02 Å². The number of piperidine rings is 1. The lowest BCUT2D eigenvalue weighted by atomic mass is 9.86. The molecule has 1 spiro atoms. The Morgan fingerprint density at radius 3 is 2.59 bits per heavy atom. The third-order valence-electron chi connectivity index (χ3n) is 11.4. The van der Waals surface area contributed by atoms with Crippen LogP contribution in [0.15, 0.2) is 35.6 Å². The van der Waals surface area contributed by atoms with Crippen molar-refractivity contribution in [2.24, 2.45) is 0 Å². The first kappa shape index (κ1) is 37.7. The second-order valence-corrected chi connectivity index (χ2v) is 16.2. The molecule has 0 saturated carbocycles. The zero-order valence-electron chi connectivity index (χ0n) is 29.9. The summed E-state index contributed by atoms with van der Waals surface area (Å²) < 4.78 is 44.9. The lowest BCUT2D eigenvalue weighted by Crippen LogP contribution is -2.54. The van der Waals surface area contributed by atoms with Crippen molar-refractivity contribution in [3.05, 3.63) is 63.6 Å². The van der Waals surface area contributed by atoms with E-state index in [4.69, 9.17) is 17.3 Å². The van der Waals surface area contributed by atoms with Crippen LogP contribution in [-0.2, 0) is 4.79 Å². The molecule has 4 fully saturated rings. The first-order valence-corrected chi connectivity index (χ1v) is 19.0. The van der Waals surface area contributed by atoms with Gasteiger partial charge in [-0.2, -0.15) is 20.0 Å². The zero-order chi connectivity index (χ0) is 38.4. The number of alkyl halides is 1. The molecule has 284 valence electrons. The molecular weight excluding hydrogens is 741 g/mol. The number of nitrogens with zero attached hydrogens (tertiary/aromatic N) is 8. The number of nitrogen functional groups attached to an aromatic ring is 1. The fourth-order valence-electron chi connectivity index (χ4n) is 8.76. The number of benzene rings is 2. The molecule has 3 aromatic heterocycles. The Kier molecular flexibility index (Phi) is 10.4. The molecule has 4 aliphatic rings. The number of likely N-dealkylation sites (tertiary alicyclic amines) is 1. The number of rotatable bonds is 3. The number of hydrogen-bond acceptors (Lipinski definition) is 11. The van der Waals surface area contributed by atoms with Gasteiger partial charge in [-0.05, 0) is 89.7 Å². The quantitative estimate of drug-likeness (QED) is 0.204. The minimum atomic E-state index is -0.769. The van der Waals surface area contributed by atoms with Crippen LogP contribution in [0.4, 0.5) is 24.0 Å². The maximum atomic E-state index is 16.3. The normalized spacial score (nSPS) is 23.9. The number of anilines is 2. The number of fused-ring (bicyclic) bond motifs is 3. The number of nitriles is 1. The van der Waals surface area contributed by atoms with Gasteiger partial charge >= 0.3 is 5.69 Å². The number of nitrogens with one attached hydrogen (secondary N) is 1. The van der Waals surface area contributed by atoms with Gasteiger partial charge in [0.15, 0.2) is 5.82 Å². The van der Waals surface area contributed by atoms with Crippen LogP contribution in [0, 0.1) is 23.0 Å². The molecule has 9 rings (SSSR count). The molecule has 12 nitrogen and oxygen atoms in total. The summed E-state index contributed by atoms with van der Waals surface area (Å²) >= 11 is 7.61. The van der Waals surface area contributed by atoms with Gasteiger partial charge in [-0.15, -0.1) is 11.3 Å². The molecule has 0 bridgehead atoms. The van der Waals surface area contributed by atoms with E-state index in [0.717, 1.165) is 61.2 Å². The average molecular weight is 781 g/mol. The Hall–Kier alpha value is -4.56. The summed E-state index contributed by atoms with van der Waals surface area (Å²) in [6.07, 6.45) is 10.1. The van der Waals surface area contributed by atoms with Gasteiger partial charge in [-0.1, -0.05) is 17.7 Å². The van der Waals surface area contributed by atoms with Crippen molar-refractivity contribution in [3.63, 3.8) is 0 Å². The SMILES string of the molecule is CN1CCCC12CCCN(c1nc(=O)[nH]c3c(F)c(-c4ccc(F)c5sc(N)c(C#N)c45)c(Cl)cc13)C2.C[C@@]12CCCN1CC(F)C2.O=Cn1cncn1. The molecule has 3 N–H and O–H groups in total. The standard InChI is InChI=1S/C26H23ClF2N6OS.C8H14FN.C3H3N3O/c1-34-8-2-6-26(34)7-3-9-35(12-26)24-14-10-16(27)19(20(29)21(14)32-25(36)33-24)13-4-5-17(28)22-18(13)15(11-30)23(31)37-22;1-8-3-2-4-10(8)6-7(9)5-8;7-3-6-2-4-1-5-6/h4-5,10H,2-3,6-9,12,31H2,1H3,(H,32,33,36);7H,2-6H2,1H3;1-3H/t;7?,8-;/m.0./s1. The van der Waals surface area contributed by atoms with Crippen LogP contribution >= 0.6 is 22.9 Å². The van der Waals surface area contributed by atoms with Crippen molar-refractivity contribution in [2.75, 3.05) is 50.4 Å². The number of H-pyrrole nitrogens is 1. The van der Waals surface area contributed by atoms with Gasteiger partial charge in [-0.25, -0.2) is 22.9 Å². The van der Waals surface area contributed by atoms with Crippen molar-refractivity contribution in [3.8, 4) is 17.2 Å². The minimum Gasteiger partial charge on any atom is -0.389 e. The maximum absolute atomic E-state index is 16.3. The van der Waals surface area contributed by atoms with Gasteiger partial charge in [0.25, 0.3) is 0 Å². The summed E-state index contributed by atoms with van der Waals surface area (Å²) in [4.78, 5) is 39.4. The van der Waals surface area contributed by atoms with Gasteiger partial charge in [0.1, 0.15) is 41.5 Å². The predicted octanol–water partition coefficient (Wildman–Crippen LogP) is 6.15. The smallest absolute Gasteiger partial charge is 0.347 e. The Balaban J connectivity index is 0.000000215. The predicted molar refractivity (Wildman–Crippen MR) is 204 cm³/mol. The molecule has 0 aliphatic carbocycles. The van der Waals surface area contributed by atoms with E-state index in [-0.39, 0.29) is 53.4 Å². The number of hydrogen-bond donors (Lipinski definition) is 2. The molecule has 0 amide bonds. The van der Waals surface area contributed by atoms with Crippen LogP contribution in [0.1, 0.15) is 57.4 Å². The van der Waals surface area contributed by atoms with Crippen molar-refractivity contribution >= 4 is 61.2 Å². The molecular formula is C37H40ClF3N10O2S. The summed E-state index contributed by atoms with van der Waals surface area (Å²) in [5.74, 6) is -0.938. The van der Waals surface area contributed by atoms with E-state index in [9.17, 15) is 23.6 Å². The lowest BCUT2D eigenvalue weighted by molar-refractivity contribution is 0.147. The van der Waals surface area contributed by atoms with Crippen molar-refractivity contribution in [1.82, 2.24) is 34.5 Å². The molecule has 5 aromatic rings. The summed E-state index contributed by atoms with van der Waals surface area (Å²) in [6, 6.07) is 6.16. The van der Waals surface area contributed by atoms with E-state index < -0.39 is 23.5 Å². The number of aromatic nitrogens is 5. The van der Waals surface area contributed by atoms with Gasteiger partial charge < -0.3 is 15.6 Å². The van der Waals surface area contributed by atoms with E-state index in [0.29, 0.717) is 37.2 Å². The Labute approximate surface area is 318 Å². The second kappa shape index (κ2) is 14.9. The number of carbonyl (C=O) groups is 1. The van der Waals surface area contributed by atoms with Gasteiger partial charge in [-0.3, -0.25) is 14.6 Å². The van der Waals surface area contributed by atoms with E-state index in [2.05, 4.69) is 48.7 Å². The van der Waals surface area contributed by atoms with E-state index in [1.165, 1.54) is 37.6 Å². The second-order valence-electron chi connectivity index (χ2n) is 14.7. The molecule has 7 heterocycles. The number of likely N-dealkylation sites (N-methyl/N-ethyl adjacent to an activating group) is 1. The highest BCUT2D eigenvalue weighted by molar-refractivity contribution is 7.23. The maximum Gasteiger partial charge on any atom is 0.347 e. The Bertz CT molecular complexity index is 2310. The molecule has 3 atom stereocenters. The van der Waals surface area contributed by atoms with E-state index in [1.807, 2.05) is 6.07 Å². The zero-order valence-corrected chi connectivity index (χ0v) is 31.5. The lowest BCUT2D eigenvalue weighted by Gasteiger charge is -2.45. The van der Waals surface area contributed by atoms with Crippen molar-refractivity contribution in [2.45, 2.75) is 69.1 Å². The van der Waals surface area contributed by atoms with E-state index in [1.54, 1.807) is 6.07 Å². The fourth-order valence-corrected chi connectivity index (χ4v) is 10.0. The van der Waals surface area contributed by atoms with Gasteiger partial charge in [0, 0.05) is 47.0 Å². The molecule has 4 aliphatic heterocycles. The highest BCUT2D eigenvalue weighted by atomic mass is 35.5. The highest BCUT2D eigenvalue weighted by Gasteiger charge is 2.45. The molecule has 2 unspecified atom stereocenters. The van der Waals surface area contributed by atoms with Crippen LogP contribution in [-0.4, -0.2) is 98.0 Å². The van der Waals surface area contributed by atoms with Gasteiger partial charge in [0.2, 0.25) is 6.41 Å². The Morgan fingerprint density at radius 2 is 1.93 bits per heavy atom. The third kappa shape index (κ3) is 6.82. The molecule has 17 heteroatoms. The average Bonchev–Trinajstić information content (AvgIpc) is 3.97. The first-order valence-electron chi connectivity index (χ1n) is 17.9.